The predicted octanol–water partition coefficient (Wildman–Crippen LogP) is 4.45. The molecule has 0 atom stereocenters. The Labute approximate surface area is 211 Å². The van der Waals surface area contributed by atoms with Gasteiger partial charge in [-0.05, 0) is 23.8 Å². The summed E-state index contributed by atoms with van der Waals surface area (Å²) in [6.07, 6.45) is 0.866. The maximum atomic E-state index is 14.4. The molecule has 1 fully saturated rings. The van der Waals surface area contributed by atoms with E-state index in [2.05, 4.69) is 15.3 Å². The first kappa shape index (κ1) is 24.6. The number of halogens is 2. The van der Waals surface area contributed by atoms with E-state index in [1.165, 1.54) is 11.8 Å². The molecule has 2 aliphatic rings. The molecule has 188 valence electrons. The molecule has 7 nitrogen and oxygen atoms in total. The molecule has 0 unspecified atom stereocenters. The van der Waals surface area contributed by atoms with Crippen LogP contribution in [-0.4, -0.2) is 42.2 Å². The Morgan fingerprint density at radius 1 is 1.08 bits per heavy atom. The van der Waals surface area contributed by atoms with Crippen molar-refractivity contribution in [3.63, 3.8) is 0 Å². The fraction of sp³-hybridized carbons (Fsp3) is 0.320. The molecule has 11 heteroatoms. The molecule has 0 spiro atoms. The minimum Gasteiger partial charge on any atom is -0.445 e. The molecule has 36 heavy (non-hydrogen) atoms. The standard InChI is InChI=1S/C25H23F2N3O4S2/c1-35-22-28-20(19-11-12-25(26,27)21(19)29-22)17-7-9-18(10-8-17)24(14-36(32,33)15-24)30-23(31)34-13-16-5-3-2-4-6-16/h2-10H,11-15H2,1H3,(H,30,31). The Kier molecular flexibility index (Phi) is 6.24. The molecule has 1 aliphatic heterocycles. The van der Waals surface area contributed by atoms with Gasteiger partial charge in [0.15, 0.2) is 15.0 Å². The number of thioether (sulfide) groups is 1. The van der Waals surface area contributed by atoms with Crippen LogP contribution in [0.2, 0.25) is 0 Å². The van der Waals surface area contributed by atoms with Crippen molar-refractivity contribution in [2.24, 2.45) is 0 Å². The van der Waals surface area contributed by atoms with Gasteiger partial charge in [0.25, 0.3) is 5.92 Å². The minimum atomic E-state index is -3.32. The van der Waals surface area contributed by atoms with E-state index < -0.39 is 27.4 Å². The summed E-state index contributed by atoms with van der Waals surface area (Å²) < 4.78 is 58.3. The maximum absolute atomic E-state index is 14.4. The van der Waals surface area contributed by atoms with Crippen molar-refractivity contribution >= 4 is 27.7 Å². The third kappa shape index (κ3) is 4.69. The maximum Gasteiger partial charge on any atom is 0.408 e. The summed E-state index contributed by atoms with van der Waals surface area (Å²) in [4.78, 5) is 21.1. The van der Waals surface area contributed by atoms with E-state index in [0.29, 0.717) is 22.4 Å². The van der Waals surface area contributed by atoms with Crippen LogP contribution in [0.3, 0.4) is 0 Å². The lowest BCUT2D eigenvalue weighted by Crippen LogP contribution is -2.62. The molecule has 1 N–H and O–H groups in total. The van der Waals surface area contributed by atoms with Crippen LogP contribution in [0.4, 0.5) is 13.6 Å². The topological polar surface area (TPSA) is 98.2 Å². The Morgan fingerprint density at radius 2 is 1.78 bits per heavy atom. The van der Waals surface area contributed by atoms with Crippen molar-refractivity contribution in [1.29, 1.82) is 0 Å². The van der Waals surface area contributed by atoms with Crippen LogP contribution in [0.15, 0.2) is 59.8 Å². The lowest BCUT2D eigenvalue weighted by molar-refractivity contribution is -0.00651. The lowest BCUT2D eigenvalue weighted by atomic mass is 9.91. The number of aromatic nitrogens is 2. The Balaban J connectivity index is 1.40. The minimum absolute atomic E-state index is 0.0513. The van der Waals surface area contributed by atoms with Gasteiger partial charge in [-0.2, -0.15) is 8.78 Å². The molecule has 1 aliphatic carbocycles. The van der Waals surface area contributed by atoms with E-state index in [-0.39, 0.29) is 41.8 Å². The average Bonchev–Trinajstić information content (AvgIpc) is 3.16. The quantitative estimate of drug-likeness (QED) is 0.371. The Hall–Kier alpha value is -3.05. The van der Waals surface area contributed by atoms with Crippen molar-refractivity contribution in [1.82, 2.24) is 15.3 Å². The van der Waals surface area contributed by atoms with Crippen LogP contribution in [0, 0.1) is 0 Å². The highest BCUT2D eigenvalue weighted by Crippen LogP contribution is 2.44. The molecule has 1 saturated heterocycles. The molecule has 2 aromatic carbocycles. The van der Waals surface area contributed by atoms with E-state index in [1.54, 1.807) is 30.5 Å². The zero-order valence-corrected chi connectivity index (χ0v) is 21.0. The normalized spacial score (nSPS) is 18.6. The van der Waals surface area contributed by atoms with Gasteiger partial charge in [-0.3, -0.25) is 0 Å². The third-order valence-corrected chi connectivity index (χ3v) is 8.82. The number of alkyl halides is 2. The molecule has 0 saturated carbocycles. The fourth-order valence-corrected chi connectivity index (χ4v) is 6.91. The van der Waals surface area contributed by atoms with E-state index >= 15 is 0 Å². The van der Waals surface area contributed by atoms with Gasteiger partial charge in [-0.15, -0.1) is 0 Å². The van der Waals surface area contributed by atoms with Crippen LogP contribution in [0.5, 0.6) is 0 Å². The Morgan fingerprint density at radius 3 is 2.42 bits per heavy atom. The highest BCUT2D eigenvalue weighted by Gasteiger charge is 2.51. The number of alkyl carbamates (subject to hydrolysis) is 1. The number of sulfone groups is 1. The van der Waals surface area contributed by atoms with Crippen LogP contribution in [-0.2, 0) is 39.1 Å². The molecule has 1 amide bonds. The van der Waals surface area contributed by atoms with Gasteiger partial charge in [-0.25, -0.2) is 23.2 Å². The van der Waals surface area contributed by atoms with Gasteiger partial charge in [0.1, 0.15) is 12.3 Å². The second kappa shape index (κ2) is 9.11. The number of amides is 1. The van der Waals surface area contributed by atoms with Crippen molar-refractivity contribution in [3.05, 3.63) is 77.0 Å². The van der Waals surface area contributed by atoms with Crippen LogP contribution >= 0.6 is 11.8 Å². The number of ether oxygens (including phenoxy) is 1. The number of nitrogens with one attached hydrogen (secondary N) is 1. The summed E-state index contributed by atoms with van der Waals surface area (Å²) in [5.41, 5.74) is 1.52. The highest BCUT2D eigenvalue weighted by atomic mass is 32.2. The van der Waals surface area contributed by atoms with Crippen molar-refractivity contribution in [2.45, 2.75) is 36.1 Å². The summed E-state index contributed by atoms with van der Waals surface area (Å²) >= 11 is 1.19. The summed E-state index contributed by atoms with van der Waals surface area (Å²) in [6.45, 7) is 0.0513. The van der Waals surface area contributed by atoms with Gasteiger partial charge >= 0.3 is 6.09 Å². The van der Waals surface area contributed by atoms with Crippen LogP contribution in [0.25, 0.3) is 11.3 Å². The lowest BCUT2D eigenvalue weighted by Gasteiger charge is -2.41. The number of carbonyl (C=O) groups is 1. The molecular weight excluding hydrogens is 508 g/mol. The largest absolute Gasteiger partial charge is 0.445 e. The van der Waals surface area contributed by atoms with Crippen molar-refractivity contribution in [3.8, 4) is 11.3 Å². The number of rotatable bonds is 6. The second-order valence-electron chi connectivity index (χ2n) is 8.97. The van der Waals surface area contributed by atoms with Crippen molar-refractivity contribution < 1.29 is 26.7 Å². The average molecular weight is 532 g/mol. The molecule has 0 bridgehead atoms. The molecule has 2 heterocycles. The monoisotopic (exact) mass is 531 g/mol. The zero-order chi connectivity index (χ0) is 25.6. The summed E-state index contributed by atoms with van der Waals surface area (Å²) in [5.74, 6) is -3.51. The summed E-state index contributed by atoms with van der Waals surface area (Å²) in [5, 5.41) is 3.00. The van der Waals surface area contributed by atoms with Gasteiger partial charge in [0.2, 0.25) is 0 Å². The zero-order valence-electron chi connectivity index (χ0n) is 19.3. The van der Waals surface area contributed by atoms with Crippen LogP contribution < -0.4 is 5.32 Å². The van der Waals surface area contributed by atoms with Gasteiger partial charge in [0, 0.05) is 17.5 Å². The number of carbonyl (C=O) groups excluding carboxylic acids is 1. The highest BCUT2D eigenvalue weighted by molar-refractivity contribution is 7.98. The number of benzene rings is 2. The number of hydrogen-bond acceptors (Lipinski definition) is 7. The van der Waals surface area contributed by atoms with Gasteiger partial charge < -0.3 is 10.1 Å². The molecule has 3 aromatic rings. The Bertz CT molecular complexity index is 1400. The van der Waals surface area contributed by atoms with E-state index in [0.717, 1.165) is 5.56 Å². The first-order chi connectivity index (χ1) is 17.1. The predicted molar refractivity (Wildman–Crippen MR) is 132 cm³/mol. The molecule has 0 radical (unpaired) electrons. The fourth-order valence-electron chi connectivity index (χ4n) is 4.65. The molecular formula is C25H23F2N3O4S2. The first-order valence-corrected chi connectivity index (χ1v) is 14.3. The smallest absolute Gasteiger partial charge is 0.408 e. The number of fused-ring (bicyclic) bond motifs is 1. The van der Waals surface area contributed by atoms with Gasteiger partial charge in [0.05, 0.1) is 22.7 Å². The molecule has 1 aromatic heterocycles. The van der Waals surface area contributed by atoms with Gasteiger partial charge in [-0.1, -0.05) is 66.4 Å². The van der Waals surface area contributed by atoms with E-state index in [1.807, 2.05) is 30.3 Å². The summed E-state index contributed by atoms with van der Waals surface area (Å²) in [7, 11) is -3.32. The van der Waals surface area contributed by atoms with E-state index in [9.17, 15) is 22.0 Å². The number of nitrogens with zero attached hydrogens (tertiary/aromatic N) is 2. The van der Waals surface area contributed by atoms with Crippen molar-refractivity contribution in [2.75, 3.05) is 17.8 Å². The molecule has 5 rings (SSSR count). The SMILES string of the molecule is CSc1nc(-c2ccc(C3(NC(=O)OCc4ccccc4)CS(=O)(=O)C3)cc2)c2c(n1)C(F)(F)CC2. The first-order valence-electron chi connectivity index (χ1n) is 11.2. The third-order valence-electron chi connectivity index (χ3n) is 6.40. The number of hydrogen-bond donors (Lipinski definition) is 1. The second-order valence-corrected chi connectivity index (χ2v) is 11.8. The van der Waals surface area contributed by atoms with Crippen LogP contribution in [0.1, 0.15) is 28.8 Å². The summed E-state index contributed by atoms with van der Waals surface area (Å²) in [6, 6.07) is 16.0. The van der Waals surface area contributed by atoms with E-state index in [4.69, 9.17) is 4.74 Å².